The van der Waals surface area contributed by atoms with Crippen LogP contribution in [0.4, 0.5) is 9.18 Å². The van der Waals surface area contributed by atoms with E-state index in [-0.39, 0.29) is 46.9 Å². The minimum Gasteiger partial charge on any atom is -0.410 e. The monoisotopic (exact) mass is 601 g/mol. The van der Waals surface area contributed by atoms with E-state index in [0.29, 0.717) is 49.1 Å². The fraction of sp³-hybridized carbons (Fsp3) is 0.516. The van der Waals surface area contributed by atoms with Crippen LogP contribution in [0.3, 0.4) is 0 Å². The Hall–Kier alpha value is -2.84. The van der Waals surface area contributed by atoms with Gasteiger partial charge in [0.2, 0.25) is 11.8 Å². The third-order valence-electron chi connectivity index (χ3n) is 9.15. The summed E-state index contributed by atoms with van der Waals surface area (Å²) in [4.78, 5) is 45.7. The maximum atomic E-state index is 13.8. The predicted octanol–water partition coefficient (Wildman–Crippen LogP) is 6.13. The topological polar surface area (TPSA) is 70.2 Å². The molecule has 4 fully saturated rings. The van der Waals surface area contributed by atoms with Crippen molar-refractivity contribution < 1.29 is 23.5 Å². The molecule has 2 aromatic carbocycles. The Morgan fingerprint density at radius 3 is 2.22 bits per heavy atom. The Morgan fingerprint density at radius 2 is 1.61 bits per heavy atom. The fourth-order valence-electron chi connectivity index (χ4n) is 6.25. The quantitative estimate of drug-likeness (QED) is 0.399. The summed E-state index contributed by atoms with van der Waals surface area (Å²) in [5.74, 6) is -0.230. The molecule has 2 aromatic rings. The molecule has 2 saturated heterocycles. The van der Waals surface area contributed by atoms with Gasteiger partial charge in [-0.3, -0.25) is 14.5 Å². The zero-order valence-corrected chi connectivity index (χ0v) is 24.5. The van der Waals surface area contributed by atoms with Crippen molar-refractivity contribution in [2.75, 3.05) is 26.2 Å². The number of ether oxygens (including phenoxy) is 1. The first kappa shape index (κ1) is 28.3. The first-order valence-corrected chi connectivity index (χ1v) is 15.2. The number of likely N-dealkylation sites (tertiary alicyclic amines) is 2. The molecule has 2 atom stereocenters. The number of carbonyl (C=O) groups excluding carboxylic acids is 3. The van der Waals surface area contributed by atoms with Crippen LogP contribution < -0.4 is 4.74 Å². The summed E-state index contributed by atoms with van der Waals surface area (Å²) in [6, 6.07) is 10.5. The number of carbonyl (C=O) groups is 3. The highest BCUT2D eigenvalue weighted by molar-refractivity contribution is 6.42. The van der Waals surface area contributed by atoms with Gasteiger partial charge in [-0.1, -0.05) is 36.2 Å². The van der Waals surface area contributed by atoms with Crippen molar-refractivity contribution >= 4 is 41.1 Å². The number of rotatable bonds is 6. The zero-order valence-electron chi connectivity index (χ0n) is 23.0. The van der Waals surface area contributed by atoms with Crippen LogP contribution in [0.25, 0.3) is 0 Å². The van der Waals surface area contributed by atoms with Gasteiger partial charge in [0.05, 0.1) is 16.1 Å². The number of nitrogens with zero attached hydrogens (tertiary/aromatic N) is 3. The number of benzene rings is 2. The molecular formula is C31H34Cl2FN3O4. The Kier molecular flexibility index (Phi) is 7.66. The summed E-state index contributed by atoms with van der Waals surface area (Å²) in [5.41, 5.74) is 0.693. The van der Waals surface area contributed by atoms with Gasteiger partial charge in [0, 0.05) is 49.5 Å². The lowest BCUT2D eigenvalue weighted by Gasteiger charge is -2.35. The normalized spacial score (nSPS) is 23.8. The summed E-state index contributed by atoms with van der Waals surface area (Å²) >= 11 is 12.6. The van der Waals surface area contributed by atoms with Gasteiger partial charge < -0.3 is 14.5 Å². The molecule has 0 spiro atoms. The molecule has 2 aliphatic heterocycles. The highest BCUT2D eigenvalue weighted by atomic mass is 35.5. The van der Waals surface area contributed by atoms with Crippen molar-refractivity contribution in [1.29, 1.82) is 0 Å². The van der Waals surface area contributed by atoms with E-state index < -0.39 is 11.9 Å². The highest BCUT2D eigenvalue weighted by Crippen LogP contribution is 2.47. The fourth-order valence-corrected chi connectivity index (χ4v) is 6.56. The van der Waals surface area contributed by atoms with Gasteiger partial charge in [0.1, 0.15) is 11.6 Å². The van der Waals surface area contributed by atoms with Gasteiger partial charge in [0.15, 0.2) is 0 Å². The molecular weight excluding hydrogens is 568 g/mol. The standard InChI is InChI=1S/C31H34Cl2FN3O4/c1-31(12-13-31)29(39)35-14-10-19(11-15-35)28(38)36-17-24(20-2-9-25(32)26(33)16-20)27(18-36)37(22-5-6-22)30(40)41-23-7-3-21(34)4-8-23/h2-4,7-9,16,19,22,24,27H,5-6,10-15,17-18H2,1H3/t24-,27+/m0/s1. The van der Waals surface area contributed by atoms with Crippen molar-refractivity contribution in [3.8, 4) is 5.75 Å². The Bertz CT molecular complexity index is 1340. The molecule has 7 nitrogen and oxygen atoms in total. The van der Waals surface area contributed by atoms with Crippen LogP contribution in [-0.4, -0.2) is 70.9 Å². The lowest BCUT2D eigenvalue weighted by molar-refractivity contribution is -0.142. The number of amides is 3. The molecule has 0 bridgehead atoms. The van der Waals surface area contributed by atoms with Crippen molar-refractivity contribution in [3.05, 3.63) is 63.9 Å². The Labute approximate surface area is 249 Å². The van der Waals surface area contributed by atoms with Gasteiger partial charge in [-0.05, 0) is 80.5 Å². The Balaban J connectivity index is 1.21. The molecule has 0 radical (unpaired) electrons. The van der Waals surface area contributed by atoms with E-state index in [0.717, 1.165) is 31.2 Å². The van der Waals surface area contributed by atoms with Gasteiger partial charge in [-0.15, -0.1) is 0 Å². The highest BCUT2D eigenvalue weighted by Gasteiger charge is 2.50. The maximum absolute atomic E-state index is 13.8. The van der Waals surface area contributed by atoms with Crippen LogP contribution in [0.2, 0.25) is 10.0 Å². The lowest BCUT2D eigenvalue weighted by atomic mass is 9.93. The first-order chi connectivity index (χ1) is 19.6. The number of piperidine rings is 1. The van der Waals surface area contributed by atoms with Crippen LogP contribution in [0.1, 0.15) is 56.9 Å². The van der Waals surface area contributed by atoms with Crippen LogP contribution in [0.5, 0.6) is 5.75 Å². The summed E-state index contributed by atoms with van der Waals surface area (Å²) in [5, 5.41) is 0.856. The van der Waals surface area contributed by atoms with Gasteiger partial charge in [0.25, 0.3) is 0 Å². The van der Waals surface area contributed by atoms with Gasteiger partial charge in [-0.25, -0.2) is 9.18 Å². The molecule has 2 saturated carbocycles. The number of halogens is 3. The summed E-state index contributed by atoms with van der Waals surface area (Å²) in [6.07, 6.45) is 4.35. The average molecular weight is 603 g/mol. The van der Waals surface area contributed by atoms with Crippen LogP contribution in [0, 0.1) is 17.2 Å². The predicted molar refractivity (Wildman–Crippen MR) is 154 cm³/mol. The summed E-state index contributed by atoms with van der Waals surface area (Å²) in [7, 11) is 0. The third-order valence-corrected chi connectivity index (χ3v) is 9.89. The molecule has 3 amide bonds. The molecule has 218 valence electrons. The molecule has 0 aromatic heterocycles. The molecule has 0 unspecified atom stereocenters. The van der Waals surface area contributed by atoms with Crippen molar-refractivity contribution in [2.45, 2.75) is 63.5 Å². The first-order valence-electron chi connectivity index (χ1n) is 14.4. The third kappa shape index (κ3) is 5.91. The van der Waals surface area contributed by atoms with Crippen LogP contribution in [-0.2, 0) is 9.59 Å². The Morgan fingerprint density at radius 1 is 0.927 bits per heavy atom. The minimum absolute atomic E-state index is 0.00584. The van der Waals surface area contributed by atoms with E-state index in [2.05, 4.69) is 0 Å². The molecule has 10 heteroatoms. The average Bonchev–Trinajstić information content (AvgIpc) is 3.90. The second-order valence-corrected chi connectivity index (χ2v) is 13.0. The second kappa shape index (κ2) is 11.1. The molecule has 6 rings (SSSR count). The summed E-state index contributed by atoms with van der Waals surface area (Å²) in [6.45, 7) is 4.02. The van der Waals surface area contributed by atoms with Gasteiger partial charge >= 0.3 is 6.09 Å². The minimum atomic E-state index is -0.510. The van der Waals surface area contributed by atoms with Crippen LogP contribution in [0.15, 0.2) is 42.5 Å². The van der Waals surface area contributed by atoms with E-state index in [1.54, 1.807) is 11.0 Å². The van der Waals surface area contributed by atoms with E-state index >= 15 is 0 Å². The van der Waals surface area contributed by atoms with E-state index in [1.807, 2.05) is 28.9 Å². The van der Waals surface area contributed by atoms with Crippen molar-refractivity contribution in [1.82, 2.24) is 14.7 Å². The van der Waals surface area contributed by atoms with Gasteiger partial charge in [-0.2, -0.15) is 0 Å². The van der Waals surface area contributed by atoms with E-state index in [4.69, 9.17) is 27.9 Å². The molecule has 4 aliphatic rings. The van der Waals surface area contributed by atoms with Crippen molar-refractivity contribution in [3.63, 3.8) is 0 Å². The zero-order chi connectivity index (χ0) is 28.9. The van der Waals surface area contributed by atoms with Crippen LogP contribution >= 0.6 is 23.2 Å². The smallest absolute Gasteiger partial charge is 0.410 e. The number of hydrogen-bond donors (Lipinski definition) is 0. The second-order valence-electron chi connectivity index (χ2n) is 12.2. The molecule has 0 N–H and O–H groups in total. The molecule has 41 heavy (non-hydrogen) atoms. The van der Waals surface area contributed by atoms with E-state index in [9.17, 15) is 18.8 Å². The number of hydrogen-bond acceptors (Lipinski definition) is 4. The lowest BCUT2D eigenvalue weighted by Crippen LogP contribution is -2.48. The summed E-state index contributed by atoms with van der Waals surface area (Å²) < 4.78 is 19.1. The largest absolute Gasteiger partial charge is 0.415 e. The maximum Gasteiger partial charge on any atom is 0.415 e. The molecule has 2 aliphatic carbocycles. The van der Waals surface area contributed by atoms with E-state index in [1.165, 1.54) is 24.3 Å². The molecule has 2 heterocycles. The van der Waals surface area contributed by atoms with Crippen molar-refractivity contribution in [2.24, 2.45) is 11.3 Å². The SMILES string of the molecule is CC1(C(=O)N2CCC(C(=O)N3C[C@@H](N(C(=O)Oc4ccc(F)cc4)C4CC4)[C@H](c4ccc(Cl)c(Cl)c4)C3)CC2)CC1.